The van der Waals surface area contributed by atoms with Gasteiger partial charge in [0.1, 0.15) is 11.6 Å². The molecule has 29 heavy (non-hydrogen) atoms. The Kier molecular flexibility index (Phi) is 6.96. The number of carbonyl (C=O) groups excluding carboxylic acids is 1. The lowest BCUT2D eigenvalue weighted by atomic mass is 10.2. The van der Waals surface area contributed by atoms with Gasteiger partial charge in [-0.1, -0.05) is 6.07 Å². The zero-order valence-electron chi connectivity index (χ0n) is 15.3. The van der Waals surface area contributed by atoms with Crippen LogP contribution < -0.4 is 14.8 Å². The maximum absolute atomic E-state index is 12.7. The number of ether oxygens (including phenoxy) is 2. The van der Waals surface area contributed by atoms with Crippen LogP contribution in [0.2, 0.25) is 0 Å². The Hall–Kier alpha value is -3.20. The van der Waals surface area contributed by atoms with Crippen molar-refractivity contribution in [1.82, 2.24) is 9.97 Å². The molecule has 0 spiro atoms. The predicted molar refractivity (Wildman–Crippen MR) is 106 cm³/mol. The molecule has 3 aromatic rings. The molecular formula is C20H17F2N3O3S. The van der Waals surface area contributed by atoms with Crippen molar-refractivity contribution in [2.24, 2.45) is 0 Å². The third-order valence-electron chi connectivity index (χ3n) is 3.76. The highest BCUT2D eigenvalue weighted by Crippen LogP contribution is 2.32. The monoisotopic (exact) mass is 417 g/mol. The van der Waals surface area contributed by atoms with E-state index in [9.17, 15) is 13.6 Å². The van der Waals surface area contributed by atoms with Gasteiger partial charge < -0.3 is 14.8 Å². The lowest BCUT2D eigenvalue weighted by Gasteiger charge is -2.13. The van der Waals surface area contributed by atoms with Crippen LogP contribution in [-0.2, 0) is 6.61 Å². The maximum atomic E-state index is 12.7. The van der Waals surface area contributed by atoms with Crippen molar-refractivity contribution in [2.45, 2.75) is 17.4 Å². The molecular weight excluding hydrogens is 400 g/mol. The molecule has 3 rings (SSSR count). The van der Waals surface area contributed by atoms with Gasteiger partial charge in [-0.05, 0) is 42.1 Å². The molecule has 9 heteroatoms. The van der Waals surface area contributed by atoms with E-state index in [1.165, 1.54) is 25.4 Å². The van der Waals surface area contributed by atoms with E-state index in [1.807, 2.05) is 6.07 Å². The van der Waals surface area contributed by atoms with Gasteiger partial charge in [-0.3, -0.25) is 9.78 Å². The summed E-state index contributed by atoms with van der Waals surface area (Å²) in [5, 5.41) is 2.64. The van der Waals surface area contributed by atoms with Crippen LogP contribution in [-0.4, -0.2) is 28.7 Å². The molecule has 6 nitrogen and oxygen atoms in total. The second-order valence-electron chi connectivity index (χ2n) is 5.70. The fourth-order valence-electron chi connectivity index (χ4n) is 2.45. The Labute approximate surface area is 170 Å². The Morgan fingerprint density at radius 1 is 1.17 bits per heavy atom. The third kappa shape index (κ3) is 5.64. The zero-order chi connectivity index (χ0) is 20.6. The highest BCUT2D eigenvalue weighted by atomic mass is 32.2. The van der Waals surface area contributed by atoms with E-state index in [2.05, 4.69) is 15.3 Å². The van der Waals surface area contributed by atoms with Crippen LogP contribution in [0.5, 0.6) is 11.5 Å². The van der Waals surface area contributed by atoms with Gasteiger partial charge in [0, 0.05) is 35.9 Å². The maximum Gasteiger partial charge on any atom is 0.290 e. The van der Waals surface area contributed by atoms with Crippen LogP contribution in [0.1, 0.15) is 15.9 Å². The number of alkyl halides is 2. The number of nitrogens with one attached hydrogen (secondary N) is 1. The van der Waals surface area contributed by atoms with E-state index in [4.69, 9.17) is 9.47 Å². The quantitative estimate of drug-likeness (QED) is 0.539. The number of benzene rings is 1. The normalized spacial score (nSPS) is 10.6. The van der Waals surface area contributed by atoms with Gasteiger partial charge in [0.2, 0.25) is 0 Å². The number of pyridine rings is 2. The average Bonchev–Trinajstić information content (AvgIpc) is 2.73. The molecule has 0 radical (unpaired) electrons. The molecule has 150 valence electrons. The molecule has 1 N–H and O–H groups in total. The number of hydrogen-bond donors (Lipinski definition) is 1. The van der Waals surface area contributed by atoms with Gasteiger partial charge in [0.25, 0.3) is 11.7 Å². The van der Waals surface area contributed by atoms with E-state index >= 15 is 0 Å². The van der Waals surface area contributed by atoms with Crippen LogP contribution in [0.3, 0.4) is 0 Å². The molecule has 1 amide bonds. The van der Waals surface area contributed by atoms with E-state index in [0.29, 0.717) is 17.2 Å². The lowest BCUT2D eigenvalue weighted by molar-refractivity contribution is 0.102. The van der Waals surface area contributed by atoms with Crippen LogP contribution in [0.15, 0.2) is 66.1 Å². The summed E-state index contributed by atoms with van der Waals surface area (Å²) in [5.74, 6) is -2.32. The van der Waals surface area contributed by atoms with E-state index in [0.717, 1.165) is 5.56 Å². The summed E-state index contributed by atoms with van der Waals surface area (Å²) in [6.45, 7) is 0.263. The zero-order valence-corrected chi connectivity index (χ0v) is 16.2. The first-order valence-corrected chi connectivity index (χ1v) is 9.35. The van der Waals surface area contributed by atoms with Crippen LogP contribution >= 0.6 is 11.8 Å². The van der Waals surface area contributed by atoms with Crippen molar-refractivity contribution in [1.29, 1.82) is 0 Å². The number of carbonyl (C=O) groups is 1. The summed E-state index contributed by atoms with van der Waals surface area (Å²) in [6.07, 6.45) is 4.71. The molecule has 2 heterocycles. The molecule has 0 saturated heterocycles. The summed E-state index contributed by atoms with van der Waals surface area (Å²) in [7, 11) is 1.51. The summed E-state index contributed by atoms with van der Waals surface area (Å²) in [4.78, 5) is 20.5. The van der Waals surface area contributed by atoms with Gasteiger partial charge in [0.05, 0.1) is 12.7 Å². The van der Waals surface area contributed by atoms with E-state index in [-0.39, 0.29) is 29.0 Å². The number of rotatable bonds is 8. The van der Waals surface area contributed by atoms with Crippen LogP contribution in [0, 0.1) is 0 Å². The number of anilines is 1. The van der Waals surface area contributed by atoms with Crippen molar-refractivity contribution in [2.75, 3.05) is 12.4 Å². The van der Waals surface area contributed by atoms with Gasteiger partial charge in [0.15, 0.2) is 11.5 Å². The van der Waals surface area contributed by atoms with Crippen molar-refractivity contribution in [3.05, 3.63) is 72.2 Å². The third-order valence-corrected chi connectivity index (χ3v) is 4.48. The standard InChI is InChI=1S/C20H17F2N3O3S/c1-27-16-7-6-14(10-17(16)28-12-13-4-2-8-23-11-13)25-18(26)15-5-3-9-24-19(15)29-20(21)22/h2-11,20H,12H2,1H3,(H,25,26). The molecule has 0 atom stereocenters. The number of thioether (sulfide) groups is 1. The Bertz CT molecular complexity index is 974. The molecule has 0 aliphatic heterocycles. The number of hydrogen-bond acceptors (Lipinski definition) is 6. The molecule has 0 bridgehead atoms. The number of nitrogens with zero attached hydrogens (tertiary/aromatic N) is 2. The topological polar surface area (TPSA) is 73.3 Å². The highest BCUT2D eigenvalue weighted by Gasteiger charge is 2.17. The first-order valence-electron chi connectivity index (χ1n) is 8.47. The van der Waals surface area contributed by atoms with Crippen LogP contribution in [0.25, 0.3) is 0 Å². The Morgan fingerprint density at radius 3 is 2.72 bits per heavy atom. The predicted octanol–water partition coefficient (Wildman–Crippen LogP) is 4.63. The van der Waals surface area contributed by atoms with E-state index < -0.39 is 11.7 Å². The molecule has 0 unspecified atom stereocenters. The summed E-state index contributed by atoms with van der Waals surface area (Å²) < 4.78 is 36.5. The van der Waals surface area contributed by atoms with Crippen molar-refractivity contribution >= 4 is 23.4 Å². The van der Waals surface area contributed by atoms with Crippen molar-refractivity contribution < 1.29 is 23.0 Å². The average molecular weight is 417 g/mol. The minimum Gasteiger partial charge on any atom is -0.493 e. The first-order chi connectivity index (χ1) is 14.1. The van der Waals surface area contributed by atoms with Crippen LogP contribution in [0.4, 0.5) is 14.5 Å². The molecule has 0 aliphatic carbocycles. The molecule has 0 aliphatic rings. The first kappa shape index (κ1) is 20.5. The Balaban J connectivity index is 1.77. The second-order valence-corrected chi connectivity index (χ2v) is 6.68. The minimum atomic E-state index is -2.68. The fourth-order valence-corrected chi connectivity index (χ4v) is 3.03. The van der Waals surface area contributed by atoms with Gasteiger partial charge in [-0.25, -0.2) is 4.98 Å². The molecule has 1 aromatic carbocycles. The number of aromatic nitrogens is 2. The summed E-state index contributed by atoms with van der Waals surface area (Å²) in [6, 6.07) is 11.5. The highest BCUT2D eigenvalue weighted by molar-refractivity contribution is 7.99. The SMILES string of the molecule is COc1ccc(NC(=O)c2cccnc2SC(F)F)cc1OCc1cccnc1. The number of amides is 1. The second kappa shape index (κ2) is 9.83. The minimum absolute atomic E-state index is 0.0402. The van der Waals surface area contributed by atoms with E-state index in [1.54, 1.807) is 36.7 Å². The fraction of sp³-hybridized carbons (Fsp3) is 0.150. The molecule has 0 fully saturated rings. The van der Waals surface area contributed by atoms with Gasteiger partial charge in [-0.15, -0.1) is 0 Å². The van der Waals surface area contributed by atoms with Crippen molar-refractivity contribution in [3.8, 4) is 11.5 Å². The molecule has 0 saturated carbocycles. The van der Waals surface area contributed by atoms with Crippen molar-refractivity contribution in [3.63, 3.8) is 0 Å². The number of halogens is 2. The van der Waals surface area contributed by atoms with Gasteiger partial charge >= 0.3 is 0 Å². The lowest BCUT2D eigenvalue weighted by Crippen LogP contribution is -2.14. The Morgan fingerprint density at radius 2 is 2.00 bits per heavy atom. The largest absolute Gasteiger partial charge is 0.493 e. The number of methoxy groups -OCH3 is 1. The smallest absolute Gasteiger partial charge is 0.290 e. The summed E-state index contributed by atoms with van der Waals surface area (Å²) >= 11 is 0.223. The summed E-state index contributed by atoms with van der Waals surface area (Å²) in [5.41, 5.74) is 1.35. The van der Waals surface area contributed by atoms with Gasteiger partial charge in [-0.2, -0.15) is 8.78 Å². The molecule has 2 aromatic heterocycles.